The van der Waals surface area contributed by atoms with Gasteiger partial charge in [-0.3, -0.25) is 14.7 Å². The van der Waals surface area contributed by atoms with Crippen molar-refractivity contribution in [2.24, 2.45) is 0 Å². The topological polar surface area (TPSA) is 56.7 Å². The van der Waals surface area contributed by atoms with Gasteiger partial charge in [-0.25, -0.2) is 0 Å². The van der Waals surface area contributed by atoms with E-state index in [0.29, 0.717) is 18.7 Å². The molecule has 5 nitrogen and oxygen atoms in total. The summed E-state index contributed by atoms with van der Waals surface area (Å²) in [6.45, 7) is 3.79. The van der Waals surface area contributed by atoms with Crippen molar-refractivity contribution in [1.29, 1.82) is 0 Å². The van der Waals surface area contributed by atoms with Gasteiger partial charge in [0.1, 0.15) is 5.75 Å². The van der Waals surface area contributed by atoms with Crippen LogP contribution in [0.5, 0.6) is 5.75 Å². The maximum atomic E-state index is 12.6. The van der Waals surface area contributed by atoms with Crippen LogP contribution < -0.4 is 0 Å². The van der Waals surface area contributed by atoms with Crippen molar-refractivity contribution in [2.75, 3.05) is 26.2 Å². The number of halogens is 1. The summed E-state index contributed by atoms with van der Waals surface area (Å²) in [5.41, 5.74) is 1.52. The first-order valence-corrected chi connectivity index (χ1v) is 8.32. The third-order valence-corrected chi connectivity index (χ3v) is 4.47. The average molecular weight is 376 g/mol. The van der Waals surface area contributed by atoms with Gasteiger partial charge in [-0.15, -0.1) is 0 Å². The molecule has 1 aliphatic rings. The van der Waals surface area contributed by atoms with Crippen molar-refractivity contribution in [3.63, 3.8) is 0 Å². The number of phenols is 1. The predicted octanol–water partition coefficient (Wildman–Crippen LogP) is 2.51. The lowest BCUT2D eigenvalue weighted by molar-refractivity contribution is 0.0625. The van der Waals surface area contributed by atoms with Gasteiger partial charge in [0.2, 0.25) is 0 Å². The van der Waals surface area contributed by atoms with E-state index in [0.717, 1.165) is 24.1 Å². The standard InChI is InChI=1S/C17H18BrN3O2/c18-14-3-4-16(22)15(10-14)17(23)21-8-6-20(7-9-21)12-13-2-1-5-19-11-13/h1-5,10-11,22H,6-9,12H2. The minimum absolute atomic E-state index is 0.0241. The van der Waals surface area contributed by atoms with E-state index < -0.39 is 0 Å². The normalized spacial score (nSPS) is 15.6. The van der Waals surface area contributed by atoms with Gasteiger partial charge in [0, 0.05) is 49.6 Å². The number of rotatable bonds is 3. The Morgan fingerprint density at radius 2 is 2.00 bits per heavy atom. The summed E-state index contributed by atoms with van der Waals surface area (Å²) in [5.74, 6) is -0.0965. The zero-order valence-corrected chi connectivity index (χ0v) is 14.2. The Morgan fingerprint density at radius 1 is 1.22 bits per heavy atom. The summed E-state index contributed by atoms with van der Waals surface area (Å²) in [5, 5.41) is 9.90. The van der Waals surface area contributed by atoms with Crippen molar-refractivity contribution < 1.29 is 9.90 Å². The molecule has 1 N–H and O–H groups in total. The minimum atomic E-state index is -0.121. The van der Waals surface area contributed by atoms with Crippen LogP contribution in [-0.4, -0.2) is 52.0 Å². The molecule has 2 heterocycles. The second-order valence-corrected chi connectivity index (χ2v) is 6.51. The number of carbonyl (C=O) groups is 1. The number of carbonyl (C=O) groups excluding carboxylic acids is 1. The summed E-state index contributed by atoms with van der Waals surface area (Å²) in [4.78, 5) is 20.8. The van der Waals surface area contributed by atoms with E-state index in [-0.39, 0.29) is 11.7 Å². The van der Waals surface area contributed by atoms with Crippen LogP contribution in [0.15, 0.2) is 47.2 Å². The number of phenolic OH excluding ortho intramolecular Hbond substituents is 1. The van der Waals surface area contributed by atoms with Gasteiger partial charge in [0.15, 0.2) is 0 Å². The van der Waals surface area contributed by atoms with Crippen LogP contribution in [0.1, 0.15) is 15.9 Å². The smallest absolute Gasteiger partial charge is 0.257 e. The molecule has 1 aromatic carbocycles. The number of piperazine rings is 1. The Hall–Kier alpha value is -1.92. The molecule has 0 spiro atoms. The van der Waals surface area contributed by atoms with Gasteiger partial charge in [0.25, 0.3) is 5.91 Å². The van der Waals surface area contributed by atoms with Crippen LogP contribution in [0.3, 0.4) is 0 Å². The molecular formula is C17H18BrN3O2. The van der Waals surface area contributed by atoms with E-state index >= 15 is 0 Å². The zero-order valence-electron chi connectivity index (χ0n) is 12.7. The van der Waals surface area contributed by atoms with Gasteiger partial charge < -0.3 is 10.0 Å². The van der Waals surface area contributed by atoms with Gasteiger partial charge >= 0.3 is 0 Å². The molecular weight excluding hydrogens is 358 g/mol. The van der Waals surface area contributed by atoms with E-state index in [1.54, 1.807) is 23.2 Å². The second kappa shape index (κ2) is 7.10. The fourth-order valence-electron chi connectivity index (χ4n) is 2.71. The molecule has 1 saturated heterocycles. The molecule has 6 heteroatoms. The summed E-state index contributed by atoms with van der Waals surface area (Å²) in [6, 6.07) is 8.92. The third-order valence-electron chi connectivity index (χ3n) is 3.98. The van der Waals surface area contributed by atoms with E-state index in [1.165, 1.54) is 11.6 Å². The van der Waals surface area contributed by atoms with Crippen LogP contribution in [-0.2, 0) is 6.54 Å². The molecule has 0 radical (unpaired) electrons. The Labute approximate surface area is 143 Å². The predicted molar refractivity (Wildman–Crippen MR) is 91.2 cm³/mol. The zero-order chi connectivity index (χ0) is 16.2. The molecule has 0 saturated carbocycles. The number of nitrogens with zero attached hydrogens (tertiary/aromatic N) is 3. The lowest BCUT2D eigenvalue weighted by Crippen LogP contribution is -2.48. The highest BCUT2D eigenvalue weighted by atomic mass is 79.9. The number of aromatic nitrogens is 1. The monoisotopic (exact) mass is 375 g/mol. The van der Waals surface area contributed by atoms with E-state index in [2.05, 4.69) is 31.9 Å². The van der Waals surface area contributed by atoms with Crippen molar-refractivity contribution in [3.05, 3.63) is 58.3 Å². The van der Waals surface area contributed by atoms with Gasteiger partial charge in [0.05, 0.1) is 5.56 Å². The van der Waals surface area contributed by atoms with Crippen LogP contribution in [0.2, 0.25) is 0 Å². The van der Waals surface area contributed by atoms with Crippen LogP contribution in [0.25, 0.3) is 0 Å². The highest BCUT2D eigenvalue weighted by Gasteiger charge is 2.24. The number of aromatic hydroxyl groups is 1. The van der Waals surface area contributed by atoms with E-state index in [9.17, 15) is 9.90 Å². The lowest BCUT2D eigenvalue weighted by Gasteiger charge is -2.34. The van der Waals surface area contributed by atoms with Crippen molar-refractivity contribution in [1.82, 2.24) is 14.8 Å². The van der Waals surface area contributed by atoms with E-state index in [1.807, 2.05) is 12.3 Å². The molecule has 3 rings (SSSR count). The Morgan fingerprint density at radius 3 is 2.70 bits per heavy atom. The molecule has 0 unspecified atom stereocenters. The molecule has 2 aromatic rings. The first-order chi connectivity index (χ1) is 11.1. The molecule has 1 aliphatic heterocycles. The summed E-state index contributed by atoms with van der Waals surface area (Å²) in [7, 11) is 0. The van der Waals surface area contributed by atoms with Crippen molar-refractivity contribution in [2.45, 2.75) is 6.54 Å². The second-order valence-electron chi connectivity index (χ2n) is 5.59. The SMILES string of the molecule is O=C(c1cc(Br)ccc1O)N1CCN(Cc2cccnc2)CC1. The van der Waals surface area contributed by atoms with Crippen LogP contribution >= 0.6 is 15.9 Å². The maximum Gasteiger partial charge on any atom is 0.257 e. The largest absolute Gasteiger partial charge is 0.507 e. The summed E-state index contributed by atoms with van der Waals surface area (Å²) < 4.78 is 0.786. The van der Waals surface area contributed by atoms with Gasteiger partial charge in [-0.05, 0) is 29.8 Å². The first-order valence-electron chi connectivity index (χ1n) is 7.52. The Bertz CT molecular complexity index is 685. The highest BCUT2D eigenvalue weighted by molar-refractivity contribution is 9.10. The Balaban J connectivity index is 1.60. The highest BCUT2D eigenvalue weighted by Crippen LogP contribution is 2.24. The number of benzene rings is 1. The molecule has 1 aromatic heterocycles. The molecule has 23 heavy (non-hydrogen) atoms. The molecule has 120 valence electrons. The number of amides is 1. The fourth-order valence-corrected chi connectivity index (χ4v) is 3.07. The fraction of sp³-hybridized carbons (Fsp3) is 0.294. The van der Waals surface area contributed by atoms with Crippen molar-refractivity contribution >= 4 is 21.8 Å². The summed E-state index contributed by atoms with van der Waals surface area (Å²) in [6.07, 6.45) is 3.64. The number of hydrogen-bond donors (Lipinski definition) is 1. The van der Waals surface area contributed by atoms with Crippen LogP contribution in [0, 0.1) is 0 Å². The quantitative estimate of drug-likeness (QED) is 0.895. The van der Waals surface area contributed by atoms with E-state index in [4.69, 9.17) is 0 Å². The molecule has 0 bridgehead atoms. The number of hydrogen-bond acceptors (Lipinski definition) is 4. The Kier molecular flexibility index (Phi) is 4.93. The van der Waals surface area contributed by atoms with Gasteiger partial charge in [-0.2, -0.15) is 0 Å². The lowest BCUT2D eigenvalue weighted by atomic mass is 10.1. The molecule has 1 fully saturated rings. The molecule has 0 atom stereocenters. The van der Waals surface area contributed by atoms with Gasteiger partial charge in [-0.1, -0.05) is 22.0 Å². The average Bonchev–Trinajstić information content (AvgIpc) is 2.58. The van der Waals surface area contributed by atoms with Crippen LogP contribution in [0.4, 0.5) is 0 Å². The maximum absolute atomic E-state index is 12.6. The molecule has 1 amide bonds. The minimum Gasteiger partial charge on any atom is -0.507 e. The van der Waals surface area contributed by atoms with Crippen molar-refractivity contribution in [3.8, 4) is 5.75 Å². The number of pyridine rings is 1. The summed E-state index contributed by atoms with van der Waals surface area (Å²) >= 11 is 3.34. The first kappa shape index (κ1) is 16.0. The molecule has 0 aliphatic carbocycles. The third kappa shape index (κ3) is 3.89.